The van der Waals surface area contributed by atoms with Crippen molar-refractivity contribution in [1.29, 1.82) is 0 Å². The van der Waals surface area contributed by atoms with Gasteiger partial charge in [0, 0.05) is 26.2 Å². The molecule has 32 heavy (non-hydrogen) atoms. The third-order valence-corrected chi connectivity index (χ3v) is 5.79. The molecule has 3 aromatic carbocycles. The van der Waals surface area contributed by atoms with E-state index in [1.54, 1.807) is 17.0 Å². The molecule has 0 aliphatic carbocycles. The van der Waals surface area contributed by atoms with Crippen molar-refractivity contribution in [2.24, 2.45) is 0 Å². The Kier molecular flexibility index (Phi) is 6.52. The van der Waals surface area contributed by atoms with Gasteiger partial charge in [-0.15, -0.1) is 0 Å². The Balaban J connectivity index is 1.43. The molecule has 1 saturated heterocycles. The summed E-state index contributed by atoms with van der Waals surface area (Å²) >= 11 is 0. The highest BCUT2D eigenvalue weighted by atomic mass is 16.3. The number of amides is 2. The number of nitrogens with zero attached hydrogens (tertiary/aromatic N) is 2. The van der Waals surface area contributed by atoms with Crippen LogP contribution in [0.4, 0.5) is 5.69 Å². The van der Waals surface area contributed by atoms with Gasteiger partial charge >= 0.3 is 11.8 Å². The minimum atomic E-state index is -0.734. The van der Waals surface area contributed by atoms with Crippen molar-refractivity contribution >= 4 is 17.5 Å². The number of hydrogen-bond acceptors (Lipinski definition) is 4. The van der Waals surface area contributed by atoms with Crippen LogP contribution in [0.15, 0.2) is 78.9 Å². The number of nitrogens with one attached hydrogen (secondary N) is 1. The van der Waals surface area contributed by atoms with Crippen molar-refractivity contribution in [3.05, 3.63) is 95.6 Å². The molecule has 6 heteroatoms. The van der Waals surface area contributed by atoms with Crippen LogP contribution in [0.1, 0.15) is 22.7 Å². The van der Waals surface area contributed by atoms with Crippen molar-refractivity contribution < 1.29 is 14.7 Å². The summed E-state index contributed by atoms with van der Waals surface area (Å²) in [5.41, 5.74) is 3.53. The third-order valence-electron chi connectivity index (χ3n) is 5.79. The van der Waals surface area contributed by atoms with Gasteiger partial charge in [-0.25, -0.2) is 0 Å². The summed E-state index contributed by atoms with van der Waals surface area (Å²) in [6.45, 7) is 4.09. The van der Waals surface area contributed by atoms with E-state index in [0.29, 0.717) is 26.2 Å². The Labute approximate surface area is 188 Å². The smallest absolute Gasteiger partial charge is 0.314 e. The van der Waals surface area contributed by atoms with Gasteiger partial charge in [0.2, 0.25) is 0 Å². The fourth-order valence-electron chi connectivity index (χ4n) is 4.14. The van der Waals surface area contributed by atoms with Gasteiger partial charge in [-0.2, -0.15) is 0 Å². The van der Waals surface area contributed by atoms with Crippen LogP contribution in [-0.4, -0.2) is 52.9 Å². The first kappa shape index (κ1) is 21.6. The summed E-state index contributed by atoms with van der Waals surface area (Å²) in [6.07, 6.45) is 0. The monoisotopic (exact) mass is 429 g/mol. The van der Waals surface area contributed by atoms with Gasteiger partial charge in [0.05, 0.1) is 11.7 Å². The van der Waals surface area contributed by atoms with Crippen molar-refractivity contribution in [2.75, 3.05) is 31.5 Å². The zero-order chi connectivity index (χ0) is 22.5. The molecule has 0 bridgehead atoms. The van der Waals surface area contributed by atoms with E-state index in [9.17, 15) is 14.7 Å². The fraction of sp³-hybridized carbons (Fsp3) is 0.231. The second kappa shape index (κ2) is 9.66. The summed E-state index contributed by atoms with van der Waals surface area (Å²) in [5, 5.41) is 12.5. The van der Waals surface area contributed by atoms with Crippen LogP contribution in [0.3, 0.4) is 0 Å². The Morgan fingerprint density at radius 1 is 0.844 bits per heavy atom. The molecule has 4 rings (SSSR count). The van der Waals surface area contributed by atoms with Crippen molar-refractivity contribution in [3.63, 3.8) is 0 Å². The number of piperazine rings is 1. The van der Waals surface area contributed by atoms with Crippen LogP contribution in [-0.2, 0) is 9.59 Å². The minimum absolute atomic E-state index is 0.0601. The highest BCUT2D eigenvalue weighted by Crippen LogP contribution is 2.29. The zero-order valence-corrected chi connectivity index (χ0v) is 18.1. The molecule has 0 saturated carbocycles. The third kappa shape index (κ3) is 4.81. The van der Waals surface area contributed by atoms with Gasteiger partial charge in [-0.05, 0) is 35.7 Å². The number of phenolic OH excluding ortho intramolecular Hbond substituents is 1. The lowest BCUT2D eigenvalue weighted by molar-refractivity contribution is -0.144. The molecule has 0 radical (unpaired) electrons. The predicted molar refractivity (Wildman–Crippen MR) is 124 cm³/mol. The van der Waals surface area contributed by atoms with E-state index in [2.05, 4.69) is 34.5 Å². The number of aromatic hydroxyl groups is 1. The number of carbonyl (C=O) groups is 2. The maximum absolute atomic E-state index is 12.7. The van der Waals surface area contributed by atoms with E-state index in [4.69, 9.17) is 0 Å². The van der Waals surface area contributed by atoms with Crippen LogP contribution in [0.2, 0.25) is 0 Å². The maximum atomic E-state index is 12.7. The van der Waals surface area contributed by atoms with Crippen LogP contribution in [0.25, 0.3) is 0 Å². The van der Waals surface area contributed by atoms with Crippen LogP contribution < -0.4 is 5.32 Å². The van der Waals surface area contributed by atoms with Crippen molar-refractivity contribution in [2.45, 2.75) is 13.0 Å². The second-order valence-corrected chi connectivity index (χ2v) is 8.03. The SMILES string of the molecule is Cc1ccc(O)c(NC(=O)C(=O)N2CCN(C(c3ccccc3)c3ccccc3)CC2)c1. The lowest BCUT2D eigenvalue weighted by atomic mass is 9.96. The first-order valence-electron chi connectivity index (χ1n) is 10.8. The molecule has 0 aromatic heterocycles. The standard InChI is InChI=1S/C26H27N3O3/c1-19-12-13-23(30)22(18-19)27-25(31)26(32)29-16-14-28(15-17-29)24(20-8-4-2-5-9-20)21-10-6-3-7-11-21/h2-13,18,24,30H,14-17H2,1H3,(H,27,31). The van der Waals surface area contributed by atoms with Gasteiger partial charge in [0.15, 0.2) is 0 Å². The quantitative estimate of drug-likeness (QED) is 0.491. The number of phenols is 1. The normalized spacial score (nSPS) is 14.4. The molecule has 1 aliphatic rings. The average Bonchev–Trinajstić information content (AvgIpc) is 2.83. The lowest BCUT2D eigenvalue weighted by Crippen LogP contribution is -2.52. The number of anilines is 1. The molecule has 0 spiro atoms. The van der Waals surface area contributed by atoms with Gasteiger partial charge in [-0.1, -0.05) is 66.7 Å². The molecule has 3 aromatic rings. The molecule has 1 heterocycles. The predicted octanol–water partition coefficient (Wildman–Crippen LogP) is 3.57. The number of aryl methyl sites for hydroxylation is 1. The highest BCUT2D eigenvalue weighted by molar-refractivity contribution is 6.39. The van der Waals surface area contributed by atoms with E-state index in [1.807, 2.05) is 43.3 Å². The number of rotatable bonds is 4. The number of benzene rings is 3. The van der Waals surface area contributed by atoms with E-state index in [-0.39, 0.29) is 17.5 Å². The first-order chi connectivity index (χ1) is 15.5. The van der Waals surface area contributed by atoms with Crippen LogP contribution in [0.5, 0.6) is 5.75 Å². The van der Waals surface area contributed by atoms with Crippen LogP contribution in [0, 0.1) is 6.92 Å². The average molecular weight is 430 g/mol. The van der Waals surface area contributed by atoms with Crippen molar-refractivity contribution in [1.82, 2.24) is 9.80 Å². The van der Waals surface area contributed by atoms with Crippen molar-refractivity contribution in [3.8, 4) is 5.75 Å². The van der Waals surface area contributed by atoms with Gasteiger partial charge in [-0.3, -0.25) is 14.5 Å². The largest absolute Gasteiger partial charge is 0.506 e. The summed E-state index contributed by atoms with van der Waals surface area (Å²) in [7, 11) is 0. The summed E-state index contributed by atoms with van der Waals surface area (Å²) in [4.78, 5) is 29.2. The van der Waals surface area contributed by atoms with Gasteiger partial charge < -0.3 is 15.3 Å². The summed E-state index contributed by atoms with van der Waals surface area (Å²) < 4.78 is 0. The Hall–Kier alpha value is -3.64. The minimum Gasteiger partial charge on any atom is -0.506 e. The molecule has 1 aliphatic heterocycles. The highest BCUT2D eigenvalue weighted by Gasteiger charge is 2.30. The maximum Gasteiger partial charge on any atom is 0.314 e. The summed E-state index contributed by atoms with van der Waals surface area (Å²) in [6, 6.07) is 25.6. The molecule has 2 N–H and O–H groups in total. The second-order valence-electron chi connectivity index (χ2n) is 8.03. The Morgan fingerprint density at radius 3 is 1.97 bits per heavy atom. The lowest BCUT2D eigenvalue weighted by Gasteiger charge is -2.39. The molecular weight excluding hydrogens is 402 g/mol. The molecule has 2 amide bonds. The van der Waals surface area contributed by atoms with Crippen LogP contribution >= 0.6 is 0 Å². The molecule has 0 unspecified atom stereocenters. The summed E-state index contributed by atoms with van der Waals surface area (Å²) in [5.74, 6) is -1.38. The van der Waals surface area contributed by atoms with E-state index in [1.165, 1.54) is 17.2 Å². The number of carbonyl (C=O) groups excluding carboxylic acids is 2. The fourth-order valence-corrected chi connectivity index (χ4v) is 4.14. The molecule has 6 nitrogen and oxygen atoms in total. The molecule has 1 fully saturated rings. The Bertz CT molecular complexity index is 1040. The molecule has 0 atom stereocenters. The van der Waals surface area contributed by atoms with Gasteiger partial charge in [0.25, 0.3) is 0 Å². The number of hydrogen-bond donors (Lipinski definition) is 2. The van der Waals surface area contributed by atoms with E-state index >= 15 is 0 Å². The van der Waals surface area contributed by atoms with Gasteiger partial charge in [0.1, 0.15) is 5.75 Å². The first-order valence-corrected chi connectivity index (χ1v) is 10.8. The topological polar surface area (TPSA) is 72.9 Å². The van der Waals surface area contributed by atoms with E-state index < -0.39 is 11.8 Å². The zero-order valence-electron chi connectivity index (χ0n) is 18.1. The Morgan fingerprint density at radius 2 is 1.41 bits per heavy atom. The van der Waals surface area contributed by atoms with E-state index in [0.717, 1.165) is 5.56 Å². The molecule has 164 valence electrons. The molecular formula is C26H27N3O3.